The van der Waals surface area contributed by atoms with Crippen LogP contribution >= 0.6 is 0 Å². The first kappa shape index (κ1) is 18.2. The van der Waals surface area contributed by atoms with E-state index in [2.05, 4.69) is 36.2 Å². The molecule has 4 heteroatoms. The Morgan fingerprint density at radius 1 is 1.24 bits per heavy atom. The van der Waals surface area contributed by atoms with Crippen LogP contribution in [0.2, 0.25) is 0 Å². The van der Waals surface area contributed by atoms with Crippen molar-refractivity contribution in [2.45, 2.75) is 45.6 Å². The second-order valence-electron chi connectivity index (χ2n) is 7.85. The number of benzene rings is 1. The van der Waals surface area contributed by atoms with Crippen LogP contribution in [0.15, 0.2) is 24.3 Å². The molecule has 1 aromatic rings. The number of amides is 1. The molecule has 2 fully saturated rings. The highest BCUT2D eigenvalue weighted by molar-refractivity contribution is 5.79. The molecular formula is C21H32N2O2. The van der Waals surface area contributed by atoms with Crippen LogP contribution in [0.25, 0.3) is 0 Å². The standard InChI is InChI=1S/C21H32N2O2/c1-15-10-12-23(13-11-15)19(18-6-4-5-7-20(18)25-3)14-22-21(24)16(2)17-8-9-17/h4-7,15-17,19H,8-14H2,1-3H3,(H,22,24). The summed E-state index contributed by atoms with van der Waals surface area (Å²) in [5.74, 6) is 2.64. The predicted molar refractivity (Wildman–Crippen MR) is 101 cm³/mol. The van der Waals surface area contributed by atoms with Gasteiger partial charge < -0.3 is 10.1 Å². The van der Waals surface area contributed by atoms with E-state index in [0.29, 0.717) is 12.5 Å². The summed E-state index contributed by atoms with van der Waals surface area (Å²) in [6.07, 6.45) is 4.85. The molecule has 138 valence electrons. The summed E-state index contributed by atoms with van der Waals surface area (Å²) in [6.45, 7) is 7.21. The molecule has 2 atom stereocenters. The van der Waals surface area contributed by atoms with Gasteiger partial charge in [-0.2, -0.15) is 0 Å². The second kappa shape index (κ2) is 8.22. The summed E-state index contributed by atoms with van der Waals surface area (Å²) in [5, 5.41) is 3.23. The largest absolute Gasteiger partial charge is 0.496 e. The van der Waals surface area contributed by atoms with E-state index in [4.69, 9.17) is 4.74 Å². The molecule has 1 N–H and O–H groups in total. The zero-order valence-corrected chi connectivity index (χ0v) is 15.8. The molecule has 1 saturated heterocycles. The molecule has 0 aromatic heterocycles. The Balaban J connectivity index is 1.73. The lowest BCUT2D eigenvalue weighted by molar-refractivity contribution is -0.125. The molecule has 2 unspecified atom stereocenters. The van der Waals surface area contributed by atoms with Crippen molar-refractivity contribution in [3.05, 3.63) is 29.8 Å². The van der Waals surface area contributed by atoms with Crippen LogP contribution in [-0.2, 0) is 4.79 Å². The summed E-state index contributed by atoms with van der Waals surface area (Å²) in [4.78, 5) is 15.0. The zero-order valence-electron chi connectivity index (χ0n) is 15.8. The highest BCUT2D eigenvalue weighted by Gasteiger charge is 2.33. The normalized spacial score (nSPS) is 21.6. The maximum absolute atomic E-state index is 12.5. The summed E-state index contributed by atoms with van der Waals surface area (Å²) in [5.41, 5.74) is 1.18. The third-order valence-corrected chi connectivity index (χ3v) is 5.97. The van der Waals surface area contributed by atoms with Crippen molar-refractivity contribution in [3.63, 3.8) is 0 Å². The minimum atomic E-state index is 0.139. The van der Waals surface area contributed by atoms with Gasteiger partial charge in [0.15, 0.2) is 0 Å². The Morgan fingerprint density at radius 3 is 2.56 bits per heavy atom. The van der Waals surface area contributed by atoms with Crippen LogP contribution in [0.1, 0.15) is 51.1 Å². The summed E-state index contributed by atoms with van der Waals surface area (Å²) in [6, 6.07) is 8.40. The van der Waals surface area contributed by atoms with Gasteiger partial charge in [-0.15, -0.1) is 0 Å². The van der Waals surface area contributed by atoms with Gasteiger partial charge in [0.2, 0.25) is 5.91 Å². The van der Waals surface area contributed by atoms with Crippen molar-refractivity contribution in [1.29, 1.82) is 0 Å². The number of para-hydroxylation sites is 1. The third-order valence-electron chi connectivity index (χ3n) is 5.97. The van der Waals surface area contributed by atoms with Gasteiger partial charge in [-0.05, 0) is 56.7 Å². The molecule has 4 nitrogen and oxygen atoms in total. The Bertz CT molecular complexity index is 577. The molecule has 1 aliphatic carbocycles. The van der Waals surface area contributed by atoms with Crippen LogP contribution in [0.3, 0.4) is 0 Å². The Labute approximate surface area is 151 Å². The number of piperidine rings is 1. The van der Waals surface area contributed by atoms with Crippen LogP contribution in [0.5, 0.6) is 5.75 Å². The maximum atomic E-state index is 12.5. The molecule has 0 bridgehead atoms. The average Bonchev–Trinajstić information content (AvgIpc) is 3.48. The molecule has 1 amide bonds. The van der Waals surface area contributed by atoms with Crippen LogP contribution < -0.4 is 10.1 Å². The molecule has 1 aromatic carbocycles. The maximum Gasteiger partial charge on any atom is 0.223 e. The lowest BCUT2D eigenvalue weighted by atomic mass is 9.95. The number of carbonyl (C=O) groups is 1. The molecule has 1 saturated carbocycles. The van der Waals surface area contributed by atoms with E-state index in [1.54, 1.807) is 7.11 Å². The lowest BCUT2D eigenvalue weighted by Crippen LogP contribution is -2.43. The fraction of sp³-hybridized carbons (Fsp3) is 0.667. The highest BCUT2D eigenvalue weighted by Crippen LogP contribution is 2.37. The molecule has 1 aliphatic heterocycles. The van der Waals surface area contributed by atoms with Crippen molar-refractivity contribution in [2.24, 2.45) is 17.8 Å². The van der Waals surface area contributed by atoms with E-state index < -0.39 is 0 Å². The van der Waals surface area contributed by atoms with E-state index in [1.807, 2.05) is 12.1 Å². The fourth-order valence-corrected chi connectivity index (χ4v) is 3.89. The molecule has 3 rings (SSSR count). The number of rotatable bonds is 7. The summed E-state index contributed by atoms with van der Waals surface area (Å²) < 4.78 is 5.60. The van der Waals surface area contributed by atoms with Crippen molar-refractivity contribution in [3.8, 4) is 5.75 Å². The molecule has 25 heavy (non-hydrogen) atoms. The number of nitrogens with zero attached hydrogens (tertiary/aromatic N) is 1. The van der Waals surface area contributed by atoms with Crippen LogP contribution in [-0.4, -0.2) is 37.6 Å². The molecular weight excluding hydrogens is 312 g/mol. The number of likely N-dealkylation sites (tertiary alicyclic amines) is 1. The Hall–Kier alpha value is -1.55. The lowest BCUT2D eigenvalue weighted by Gasteiger charge is -2.37. The van der Waals surface area contributed by atoms with Crippen molar-refractivity contribution < 1.29 is 9.53 Å². The fourth-order valence-electron chi connectivity index (χ4n) is 3.89. The highest BCUT2D eigenvalue weighted by atomic mass is 16.5. The Kier molecular flexibility index (Phi) is 6.00. The van der Waals surface area contributed by atoms with Gasteiger partial charge >= 0.3 is 0 Å². The molecule has 2 aliphatic rings. The van der Waals surface area contributed by atoms with E-state index in [9.17, 15) is 4.79 Å². The van der Waals surface area contributed by atoms with Gasteiger partial charge in [0.05, 0.1) is 13.2 Å². The molecule has 0 spiro atoms. The molecule has 1 heterocycles. The quantitative estimate of drug-likeness (QED) is 0.821. The summed E-state index contributed by atoms with van der Waals surface area (Å²) in [7, 11) is 1.72. The van der Waals surface area contributed by atoms with E-state index in [1.165, 1.54) is 31.2 Å². The number of hydrogen-bond donors (Lipinski definition) is 1. The van der Waals surface area contributed by atoms with Crippen molar-refractivity contribution in [1.82, 2.24) is 10.2 Å². The first-order valence-corrected chi connectivity index (χ1v) is 9.74. The predicted octanol–water partition coefficient (Wildman–Crippen LogP) is 3.63. The van der Waals surface area contributed by atoms with E-state index in [0.717, 1.165) is 24.8 Å². The minimum absolute atomic E-state index is 0.139. The smallest absolute Gasteiger partial charge is 0.223 e. The number of methoxy groups -OCH3 is 1. The average molecular weight is 344 g/mol. The SMILES string of the molecule is COc1ccccc1C(CNC(=O)C(C)C1CC1)N1CCC(C)CC1. The second-order valence-corrected chi connectivity index (χ2v) is 7.85. The molecule has 0 radical (unpaired) electrons. The van der Waals surface area contributed by atoms with Gasteiger partial charge in [-0.3, -0.25) is 9.69 Å². The topological polar surface area (TPSA) is 41.6 Å². The number of nitrogens with one attached hydrogen (secondary N) is 1. The first-order valence-electron chi connectivity index (χ1n) is 9.74. The number of carbonyl (C=O) groups excluding carboxylic acids is 1. The van der Waals surface area contributed by atoms with Crippen molar-refractivity contribution in [2.75, 3.05) is 26.7 Å². The first-order chi connectivity index (χ1) is 12.1. The van der Waals surface area contributed by atoms with Gasteiger partial charge in [0, 0.05) is 18.0 Å². The monoisotopic (exact) mass is 344 g/mol. The van der Waals surface area contributed by atoms with E-state index in [-0.39, 0.29) is 17.9 Å². The van der Waals surface area contributed by atoms with Crippen LogP contribution in [0.4, 0.5) is 0 Å². The number of hydrogen-bond acceptors (Lipinski definition) is 3. The third kappa shape index (κ3) is 4.55. The van der Waals surface area contributed by atoms with E-state index >= 15 is 0 Å². The van der Waals surface area contributed by atoms with Gasteiger partial charge in [-0.1, -0.05) is 32.0 Å². The minimum Gasteiger partial charge on any atom is -0.496 e. The zero-order chi connectivity index (χ0) is 17.8. The summed E-state index contributed by atoms with van der Waals surface area (Å²) >= 11 is 0. The van der Waals surface area contributed by atoms with Crippen molar-refractivity contribution >= 4 is 5.91 Å². The van der Waals surface area contributed by atoms with Crippen LogP contribution in [0, 0.1) is 17.8 Å². The van der Waals surface area contributed by atoms with Gasteiger partial charge in [0.1, 0.15) is 5.75 Å². The van der Waals surface area contributed by atoms with Gasteiger partial charge in [-0.25, -0.2) is 0 Å². The number of ether oxygens (including phenoxy) is 1. The Morgan fingerprint density at radius 2 is 1.92 bits per heavy atom. The van der Waals surface area contributed by atoms with Gasteiger partial charge in [0.25, 0.3) is 0 Å².